The first-order valence-corrected chi connectivity index (χ1v) is 7.57. The van der Waals surface area contributed by atoms with E-state index in [4.69, 9.17) is 9.47 Å². The van der Waals surface area contributed by atoms with E-state index in [0.717, 1.165) is 11.3 Å². The van der Waals surface area contributed by atoms with E-state index in [9.17, 15) is 0 Å². The molecular weight excluding hydrogens is 381 g/mol. The van der Waals surface area contributed by atoms with Gasteiger partial charge in [-0.1, -0.05) is 18.2 Å². The molecule has 0 aliphatic rings. The van der Waals surface area contributed by atoms with Crippen LogP contribution in [0.4, 0.5) is 0 Å². The van der Waals surface area contributed by atoms with Crippen molar-refractivity contribution in [2.24, 2.45) is 0 Å². The number of nitrogens with zero attached hydrogens (tertiary/aromatic N) is 2. The Kier molecular flexibility index (Phi) is 5.35. The summed E-state index contributed by atoms with van der Waals surface area (Å²) in [4.78, 5) is 8.77. The van der Waals surface area contributed by atoms with Gasteiger partial charge in [-0.2, -0.15) is 4.98 Å². The van der Waals surface area contributed by atoms with Crippen LogP contribution in [0.3, 0.4) is 0 Å². The summed E-state index contributed by atoms with van der Waals surface area (Å²) in [5.74, 6) is 0.899. The van der Waals surface area contributed by atoms with Crippen LogP contribution in [0, 0.1) is 10.5 Å². The topological polar surface area (TPSA) is 56.3 Å². The molecule has 112 valence electrons. The van der Waals surface area contributed by atoms with Crippen molar-refractivity contribution in [3.63, 3.8) is 0 Å². The minimum atomic E-state index is -0.0924. The molecule has 0 radical (unpaired) electrons. The zero-order valence-electron chi connectivity index (χ0n) is 12.5. The van der Waals surface area contributed by atoms with E-state index in [1.54, 1.807) is 20.4 Å². The summed E-state index contributed by atoms with van der Waals surface area (Å²) in [5, 5.41) is 3.29. The Labute approximate surface area is 138 Å². The van der Waals surface area contributed by atoms with Gasteiger partial charge in [0.2, 0.25) is 11.8 Å². The molecule has 6 heteroatoms. The summed E-state index contributed by atoms with van der Waals surface area (Å²) >= 11 is 2.35. The minimum Gasteiger partial charge on any atom is -0.480 e. The molecule has 0 bridgehead atoms. The summed E-state index contributed by atoms with van der Waals surface area (Å²) < 4.78 is 11.7. The van der Waals surface area contributed by atoms with Gasteiger partial charge in [0.1, 0.15) is 5.69 Å². The molecule has 2 aromatic rings. The Morgan fingerprint density at radius 3 is 2.62 bits per heavy atom. The van der Waals surface area contributed by atoms with E-state index in [1.165, 1.54) is 9.13 Å². The van der Waals surface area contributed by atoms with Crippen molar-refractivity contribution in [3.8, 4) is 11.8 Å². The number of hydrogen-bond donors (Lipinski definition) is 1. The molecular formula is C15H18IN3O2. The Morgan fingerprint density at radius 2 is 2.00 bits per heavy atom. The first kappa shape index (κ1) is 16.0. The number of aromatic nitrogens is 2. The Balaban J connectivity index is 2.53. The zero-order valence-corrected chi connectivity index (χ0v) is 14.6. The monoisotopic (exact) mass is 399 g/mol. The quantitative estimate of drug-likeness (QED) is 0.784. The number of benzene rings is 1. The van der Waals surface area contributed by atoms with Crippen molar-refractivity contribution in [2.45, 2.75) is 13.0 Å². The molecule has 0 spiro atoms. The highest BCUT2D eigenvalue weighted by Gasteiger charge is 2.22. The Bertz CT molecular complexity index is 634. The molecule has 2 rings (SSSR count). The summed E-state index contributed by atoms with van der Waals surface area (Å²) in [6, 6.07) is 6.13. The second kappa shape index (κ2) is 7.04. The van der Waals surface area contributed by atoms with Gasteiger partial charge in [-0.3, -0.25) is 0 Å². The lowest BCUT2D eigenvalue weighted by Crippen LogP contribution is -2.21. The SMILES string of the molecule is CNC(c1cccc(C)c1I)c1ncc(OC)nc1OC. The van der Waals surface area contributed by atoms with Crippen molar-refractivity contribution in [1.29, 1.82) is 0 Å². The first-order chi connectivity index (χ1) is 10.1. The van der Waals surface area contributed by atoms with Gasteiger partial charge in [-0.25, -0.2) is 4.98 Å². The van der Waals surface area contributed by atoms with Gasteiger partial charge >= 0.3 is 0 Å². The summed E-state index contributed by atoms with van der Waals surface area (Å²) in [6.07, 6.45) is 1.60. The Hall–Kier alpha value is -1.41. The van der Waals surface area contributed by atoms with E-state index in [1.807, 2.05) is 13.1 Å². The van der Waals surface area contributed by atoms with Crippen molar-refractivity contribution in [1.82, 2.24) is 15.3 Å². The highest BCUT2D eigenvalue weighted by Crippen LogP contribution is 2.31. The van der Waals surface area contributed by atoms with Crippen LogP contribution in [-0.2, 0) is 0 Å². The molecule has 0 aliphatic carbocycles. The van der Waals surface area contributed by atoms with Crippen LogP contribution in [0.15, 0.2) is 24.4 Å². The third-order valence-corrected chi connectivity index (χ3v) is 4.72. The molecule has 0 fully saturated rings. The van der Waals surface area contributed by atoms with Gasteiger partial charge < -0.3 is 14.8 Å². The maximum atomic E-state index is 5.37. The van der Waals surface area contributed by atoms with E-state index >= 15 is 0 Å². The van der Waals surface area contributed by atoms with Gasteiger partial charge in [0.25, 0.3) is 0 Å². The van der Waals surface area contributed by atoms with Crippen LogP contribution in [0.25, 0.3) is 0 Å². The van der Waals surface area contributed by atoms with Gasteiger partial charge in [-0.15, -0.1) is 0 Å². The van der Waals surface area contributed by atoms with Crippen LogP contribution < -0.4 is 14.8 Å². The average molecular weight is 399 g/mol. The molecule has 0 aliphatic heterocycles. The van der Waals surface area contributed by atoms with Crippen LogP contribution in [-0.4, -0.2) is 31.2 Å². The molecule has 21 heavy (non-hydrogen) atoms. The molecule has 1 unspecified atom stereocenters. The second-order valence-corrected chi connectivity index (χ2v) is 5.59. The number of halogens is 1. The third-order valence-electron chi connectivity index (χ3n) is 3.24. The lowest BCUT2D eigenvalue weighted by molar-refractivity contribution is 0.353. The van der Waals surface area contributed by atoms with Crippen LogP contribution in [0.1, 0.15) is 22.9 Å². The van der Waals surface area contributed by atoms with Crippen molar-refractivity contribution in [2.75, 3.05) is 21.3 Å². The van der Waals surface area contributed by atoms with Crippen LogP contribution >= 0.6 is 22.6 Å². The van der Waals surface area contributed by atoms with E-state index in [-0.39, 0.29) is 6.04 Å². The molecule has 1 aromatic carbocycles. The average Bonchev–Trinajstić information content (AvgIpc) is 2.52. The number of hydrogen-bond acceptors (Lipinski definition) is 5. The minimum absolute atomic E-state index is 0.0924. The number of ether oxygens (including phenoxy) is 2. The van der Waals surface area contributed by atoms with Gasteiger partial charge in [0.05, 0.1) is 26.5 Å². The van der Waals surface area contributed by atoms with Crippen molar-refractivity contribution in [3.05, 3.63) is 44.8 Å². The number of aryl methyl sites for hydroxylation is 1. The lowest BCUT2D eigenvalue weighted by atomic mass is 10.0. The van der Waals surface area contributed by atoms with Gasteiger partial charge in [-0.05, 0) is 47.7 Å². The van der Waals surface area contributed by atoms with Crippen molar-refractivity contribution >= 4 is 22.6 Å². The second-order valence-electron chi connectivity index (χ2n) is 4.51. The van der Waals surface area contributed by atoms with E-state index in [0.29, 0.717) is 11.8 Å². The molecule has 0 saturated heterocycles. The van der Waals surface area contributed by atoms with Gasteiger partial charge in [0.15, 0.2) is 0 Å². The predicted octanol–water partition coefficient (Wildman–Crippen LogP) is 2.72. The molecule has 0 saturated carbocycles. The summed E-state index contributed by atoms with van der Waals surface area (Å²) in [7, 11) is 5.04. The Morgan fingerprint density at radius 1 is 1.24 bits per heavy atom. The molecule has 1 aromatic heterocycles. The molecule has 1 N–H and O–H groups in total. The third kappa shape index (κ3) is 3.26. The first-order valence-electron chi connectivity index (χ1n) is 6.49. The zero-order chi connectivity index (χ0) is 15.4. The maximum absolute atomic E-state index is 5.37. The normalized spacial score (nSPS) is 12.0. The largest absolute Gasteiger partial charge is 0.480 e. The fourth-order valence-electron chi connectivity index (χ4n) is 2.15. The fraction of sp³-hybridized carbons (Fsp3) is 0.333. The smallest absolute Gasteiger partial charge is 0.240 e. The predicted molar refractivity (Wildman–Crippen MR) is 89.9 cm³/mol. The highest BCUT2D eigenvalue weighted by atomic mass is 127. The lowest BCUT2D eigenvalue weighted by Gasteiger charge is -2.20. The molecule has 5 nitrogen and oxygen atoms in total. The summed E-state index contributed by atoms with van der Waals surface area (Å²) in [5.41, 5.74) is 3.12. The maximum Gasteiger partial charge on any atom is 0.240 e. The van der Waals surface area contributed by atoms with Crippen molar-refractivity contribution < 1.29 is 9.47 Å². The van der Waals surface area contributed by atoms with E-state index < -0.39 is 0 Å². The number of rotatable bonds is 5. The van der Waals surface area contributed by atoms with Crippen LogP contribution in [0.2, 0.25) is 0 Å². The molecule has 0 amide bonds. The molecule has 1 heterocycles. The fourth-order valence-corrected chi connectivity index (χ4v) is 2.82. The van der Waals surface area contributed by atoms with Gasteiger partial charge in [0, 0.05) is 3.57 Å². The molecule has 1 atom stereocenters. The summed E-state index contributed by atoms with van der Waals surface area (Å²) in [6.45, 7) is 2.09. The number of nitrogens with one attached hydrogen (secondary N) is 1. The van der Waals surface area contributed by atoms with E-state index in [2.05, 4.69) is 56.9 Å². The standard InChI is InChI=1S/C15H18IN3O2/c1-9-6-5-7-10(12(9)16)13(17-2)14-15(21-4)19-11(20-3)8-18-14/h5-8,13,17H,1-4H3. The number of methoxy groups -OCH3 is 2. The highest BCUT2D eigenvalue weighted by molar-refractivity contribution is 14.1. The van der Waals surface area contributed by atoms with Crippen LogP contribution in [0.5, 0.6) is 11.8 Å².